The number of hydrazone groups is 1. The van der Waals surface area contributed by atoms with Crippen LogP contribution in [0.5, 0.6) is 5.75 Å². The number of sulfonamides is 1. The van der Waals surface area contributed by atoms with Crippen LogP contribution in [0.1, 0.15) is 11.1 Å². The van der Waals surface area contributed by atoms with Gasteiger partial charge in [-0.25, -0.2) is 4.83 Å². The van der Waals surface area contributed by atoms with Crippen molar-refractivity contribution in [3.63, 3.8) is 0 Å². The monoisotopic (exact) mass is 480 g/mol. The summed E-state index contributed by atoms with van der Waals surface area (Å²) in [6.07, 6.45) is 1.31. The highest BCUT2D eigenvalue weighted by atomic mass is 32.2. The van der Waals surface area contributed by atoms with Crippen LogP contribution in [0.25, 0.3) is 10.8 Å². The van der Waals surface area contributed by atoms with E-state index in [9.17, 15) is 16.8 Å². The van der Waals surface area contributed by atoms with Crippen molar-refractivity contribution in [2.45, 2.75) is 16.7 Å². The second-order valence-electron chi connectivity index (χ2n) is 7.25. The number of nitrogens with zero attached hydrogens (tertiary/aromatic N) is 1. The molecule has 0 aromatic heterocycles. The molecule has 0 saturated carbocycles. The summed E-state index contributed by atoms with van der Waals surface area (Å²) in [5.41, 5.74) is 1.50. The maximum Gasteiger partial charge on any atom is 0.339 e. The molecule has 33 heavy (non-hydrogen) atoms. The molecule has 0 fully saturated rings. The highest BCUT2D eigenvalue weighted by molar-refractivity contribution is 7.89. The second kappa shape index (κ2) is 9.05. The molecule has 0 spiro atoms. The molecule has 1 N–H and O–H groups in total. The molecule has 9 heteroatoms. The molecule has 0 saturated heterocycles. The number of hydrogen-bond donors (Lipinski definition) is 1. The van der Waals surface area contributed by atoms with Crippen LogP contribution in [0.2, 0.25) is 0 Å². The molecule has 0 aliphatic carbocycles. The lowest BCUT2D eigenvalue weighted by Crippen LogP contribution is -2.18. The highest BCUT2D eigenvalue weighted by Gasteiger charge is 2.19. The molecule has 4 rings (SSSR count). The van der Waals surface area contributed by atoms with Crippen molar-refractivity contribution >= 4 is 37.1 Å². The third-order valence-electron chi connectivity index (χ3n) is 4.82. The van der Waals surface area contributed by atoms with E-state index in [4.69, 9.17) is 4.18 Å². The minimum Gasteiger partial charge on any atom is -0.379 e. The van der Waals surface area contributed by atoms with Crippen LogP contribution in [-0.2, 0) is 20.1 Å². The van der Waals surface area contributed by atoms with Gasteiger partial charge < -0.3 is 4.18 Å². The van der Waals surface area contributed by atoms with Gasteiger partial charge in [0.1, 0.15) is 10.6 Å². The zero-order chi connectivity index (χ0) is 23.5. The molecule has 0 unspecified atom stereocenters. The molecule has 0 bridgehead atoms. The SMILES string of the molecule is Cc1ccc(S(=O)(=O)N/N=C\c2ccc(OS(=O)(=O)c3cccc4ccccc34)cc2)cc1. The van der Waals surface area contributed by atoms with E-state index in [1.54, 1.807) is 42.5 Å². The number of rotatable bonds is 7. The second-order valence-corrected chi connectivity index (χ2v) is 10.4. The molecule has 0 aliphatic heterocycles. The van der Waals surface area contributed by atoms with Gasteiger partial charge in [-0.3, -0.25) is 0 Å². The van der Waals surface area contributed by atoms with Crippen molar-refractivity contribution in [1.29, 1.82) is 0 Å². The lowest BCUT2D eigenvalue weighted by molar-refractivity contribution is 0.487. The van der Waals surface area contributed by atoms with Gasteiger partial charge in [0.25, 0.3) is 10.0 Å². The average molecular weight is 481 g/mol. The summed E-state index contributed by atoms with van der Waals surface area (Å²) in [5.74, 6) is 0.125. The molecular weight excluding hydrogens is 460 g/mol. The van der Waals surface area contributed by atoms with Gasteiger partial charge in [-0.1, -0.05) is 54.1 Å². The molecule has 0 heterocycles. The van der Waals surface area contributed by atoms with E-state index < -0.39 is 20.1 Å². The summed E-state index contributed by atoms with van der Waals surface area (Å²) in [4.78, 5) is 2.33. The van der Waals surface area contributed by atoms with E-state index in [1.807, 2.05) is 25.1 Å². The highest BCUT2D eigenvalue weighted by Crippen LogP contribution is 2.26. The van der Waals surface area contributed by atoms with Gasteiger partial charge in [-0.2, -0.15) is 21.9 Å². The van der Waals surface area contributed by atoms with Crippen LogP contribution in [0.3, 0.4) is 0 Å². The standard InChI is InChI=1S/C24H20N2O5S2/c1-18-9-15-22(16-10-18)32(27,28)26-25-17-19-11-13-21(14-12-19)31-33(29,30)24-8-4-6-20-5-2-3-7-23(20)24/h2-17,26H,1H3/b25-17-. The molecule has 7 nitrogen and oxygen atoms in total. The maximum absolute atomic E-state index is 12.8. The number of fused-ring (bicyclic) bond motifs is 1. The van der Waals surface area contributed by atoms with E-state index in [1.165, 1.54) is 36.5 Å². The molecule has 0 aliphatic rings. The van der Waals surface area contributed by atoms with Crippen LogP contribution in [0, 0.1) is 6.92 Å². The number of aryl methyl sites for hydroxylation is 1. The molecule has 4 aromatic carbocycles. The van der Waals surface area contributed by atoms with E-state index in [0.29, 0.717) is 10.9 Å². The number of benzene rings is 4. The zero-order valence-electron chi connectivity index (χ0n) is 17.5. The van der Waals surface area contributed by atoms with E-state index in [2.05, 4.69) is 9.93 Å². The molecule has 4 aromatic rings. The maximum atomic E-state index is 12.8. The summed E-state index contributed by atoms with van der Waals surface area (Å²) in [5, 5.41) is 5.14. The molecule has 0 radical (unpaired) electrons. The van der Waals surface area contributed by atoms with Gasteiger partial charge in [0.2, 0.25) is 0 Å². The van der Waals surface area contributed by atoms with E-state index in [0.717, 1.165) is 10.9 Å². The van der Waals surface area contributed by atoms with Crippen molar-refractivity contribution in [1.82, 2.24) is 4.83 Å². The average Bonchev–Trinajstić information content (AvgIpc) is 2.80. The summed E-state index contributed by atoms with van der Waals surface area (Å²) < 4.78 is 55.4. The minimum atomic E-state index is -4.05. The van der Waals surface area contributed by atoms with Crippen molar-refractivity contribution in [2.75, 3.05) is 0 Å². The van der Waals surface area contributed by atoms with E-state index in [-0.39, 0.29) is 15.5 Å². The fourth-order valence-corrected chi connectivity index (χ4v) is 5.08. The van der Waals surface area contributed by atoms with Gasteiger partial charge in [-0.15, -0.1) is 0 Å². The molecule has 0 amide bonds. The van der Waals surface area contributed by atoms with Gasteiger partial charge in [-0.05, 0) is 60.3 Å². The fraction of sp³-hybridized carbons (Fsp3) is 0.0417. The predicted octanol–water partition coefficient (Wildman–Crippen LogP) is 4.23. The normalized spacial score (nSPS) is 12.2. The third-order valence-corrected chi connectivity index (χ3v) is 7.37. The van der Waals surface area contributed by atoms with Gasteiger partial charge in [0.05, 0.1) is 11.1 Å². The Labute approximate surface area is 192 Å². The number of hydrogen-bond acceptors (Lipinski definition) is 6. The number of nitrogens with one attached hydrogen (secondary N) is 1. The molecule has 168 valence electrons. The van der Waals surface area contributed by atoms with Crippen molar-refractivity contribution in [2.24, 2.45) is 5.10 Å². The van der Waals surface area contributed by atoms with Gasteiger partial charge in [0, 0.05) is 5.39 Å². The van der Waals surface area contributed by atoms with Crippen LogP contribution in [0.4, 0.5) is 0 Å². The quantitative estimate of drug-likeness (QED) is 0.242. The van der Waals surface area contributed by atoms with E-state index >= 15 is 0 Å². The topological polar surface area (TPSA) is 102 Å². The van der Waals surface area contributed by atoms with Crippen LogP contribution < -0.4 is 9.01 Å². The lowest BCUT2D eigenvalue weighted by atomic mass is 10.1. The zero-order valence-corrected chi connectivity index (χ0v) is 19.2. The Bertz CT molecular complexity index is 1520. The van der Waals surface area contributed by atoms with Gasteiger partial charge >= 0.3 is 10.1 Å². The van der Waals surface area contributed by atoms with Crippen LogP contribution >= 0.6 is 0 Å². The summed E-state index contributed by atoms with van der Waals surface area (Å²) in [6.45, 7) is 1.86. The molecular formula is C24H20N2O5S2. The minimum absolute atomic E-state index is 0.0803. The van der Waals surface area contributed by atoms with Crippen LogP contribution in [0.15, 0.2) is 106 Å². The summed E-state index contributed by atoms with van der Waals surface area (Å²) in [7, 11) is -7.83. The Hall–Kier alpha value is -3.69. The first kappa shape index (κ1) is 22.5. The van der Waals surface area contributed by atoms with Crippen molar-refractivity contribution in [3.05, 3.63) is 102 Å². The first-order valence-electron chi connectivity index (χ1n) is 9.88. The van der Waals surface area contributed by atoms with Gasteiger partial charge in [0.15, 0.2) is 0 Å². The lowest BCUT2D eigenvalue weighted by Gasteiger charge is -2.09. The Balaban J connectivity index is 1.46. The summed E-state index contributed by atoms with van der Waals surface area (Å²) in [6, 6.07) is 24.6. The first-order chi connectivity index (χ1) is 15.7. The van der Waals surface area contributed by atoms with Crippen molar-refractivity contribution < 1.29 is 21.0 Å². The summed E-state index contributed by atoms with van der Waals surface area (Å²) >= 11 is 0. The Kier molecular flexibility index (Phi) is 6.17. The third kappa shape index (κ3) is 5.21. The predicted molar refractivity (Wildman–Crippen MR) is 127 cm³/mol. The fourth-order valence-electron chi connectivity index (χ4n) is 3.14. The Morgan fingerprint density at radius 2 is 1.45 bits per heavy atom. The van der Waals surface area contributed by atoms with Crippen LogP contribution in [-0.4, -0.2) is 23.1 Å². The smallest absolute Gasteiger partial charge is 0.339 e. The Morgan fingerprint density at radius 3 is 2.18 bits per heavy atom. The van der Waals surface area contributed by atoms with Crippen molar-refractivity contribution in [3.8, 4) is 5.75 Å². The Morgan fingerprint density at radius 1 is 0.788 bits per heavy atom. The molecule has 0 atom stereocenters. The first-order valence-corrected chi connectivity index (χ1v) is 12.8. The largest absolute Gasteiger partial charge is 0.379 e.